The van der Waals surface area contributed by atoms with Crippen LogP contribution in [0.2, 0.25) is 0 Å². The van der Waals surface area contributed by atoms with Crippen molar-refractivity contribution >= 4 is 15.9 Å². The van der Waals surface area contributed by atoms with E-state index in [2.05, 4.69) is 15.9 Å². The van der Waals surface area contributed by atoms with Gasteiger partial charge >= 0.3 is 0 Å². The van der Waals surface area contributed by atoms with Gasteiger partial charge in [-0.15, -0.1) is 0 Å². The number of hydrogen-bond donors (Lipinski definition) is 0. The Bertz CT molecular complexity index is 230. The second kappa shape index (κ2) is 4.61. The Balaban J connectivity index is 2.68. The zero-order valence-corrected chi connectivity index (χ0v) is 8.64. The molecule has 1 aromatic carbocycles. The smallest absolute Gasteiger partial charge is 0.125 e. The van der Waals surface area contributed by atoms with Crippen molar-refractivity contribution in [2.45, 2.75) is 25.9 Å². The van der Waals surface area contributed by atoms with Crippen molar-refractivity contribution < 1.29 is 4.39 Å². The maximum atomic E-state index is 13.3. The first-order chi connectivity index (χ1) is 5.74. The molecule has 1 unspecified atom stereocenters. The molecule has 1 rings (SSSR count). The van der Waals surface area contributed by atoms with Crippen molar-refractivity contribution in [1.29, 1.82) is 0 Å². The number of rotatable bonds is 3. The summed E-state index contributed by atoms with van der Waals surface area (Å²) in [6.45, 7) is 1.99. The van der Waals surface area contributed by atoms with Gasteiger partial charge in [0.15, 0.2) is 0 Å². The fraction of sp³-hybridized carbons (Fsp3) is 0.400. The Morgan fingerprint density at radius 1 is 1.33 bits per heavy atom. The molecule has 12 heavy (non-hydrogen) atoms. The summed E-state index contributed by atoms with van der Waals surface area (Å²) >= 11 is 3.31. The molecule has 0 N–H and O–H groups in total. The first-order valence-corrected chi connectivity index (χ1v) is 4.93. The summed E-state index contributed by atoms with van der Waals surface area (Å²) in [6.07, 6.45) is 0.696. The second-order valence-electron chi connectivity index (χ2n) is 2.81. The van der Waals surface area contributed by atoms with Crippen molar-refractivity contribution in [3.05, 3.63) is 34.3 Å². The highest BCUT2D eigenvalue weighted by atomic mass is 79.9. The molecule has 0 saturated heterocycles. The molecule has 0 amide bonds. The normalized spacial score (nSPS) is 12.9. The minimum absolute atomic E-state index is 0.613. The van der Waals surface area contributed by atoms with Gasteiger partial charge in [-0.25, -0.2) is 4.39 Å². The van der Waals surface area contributed by atoms with Gasteiger partial charge < -0.3 is 0 Å². The summed E-state index contributed by atoms with van der Waals surface area (Å²) in [7, 11) is 0. The Labute approximate surface area is 80.9 Å². The van der Waals surface area contributed by atoms with Gasteiger partial charge in [0.1, 0.15) is 6.17 Å². The second-order valence-corrected chi connectivity index (χ2v) is 3.72. The van der Waals surface area contributed by atoms with Crippen LogP contribution >= 0.6 is 15.9 Å². The Hall–Kier alpha value is -0.370. The van der Waals surface area contributed by atoms with E-state index in [1.165, 1.54) is 0 Å². The molecule has 0 heterocycles. The number of halogens is 2. The van der Waals surface area contributed by atoms with Crippen LogP contribution in [0.5, 0.6) is 0 Å². The summed E-state index contributed by atoms with van der Waals surface area (Å²) in [5.74, 6) is 0. The van der Waals surface area contributed by atoms with Crippen molar-refractivity contribution in [2.75, 3.05) is 0 Å². The Morgan fingerprint density at radius 3 is 2.42 bits per heavy atom. The number of benzene rings is 1. The van der Waals surface area contributed by atoms with E-state index >= 15 is 0 Å². The lowest BCUT2D eigenvalue weighted by Crippen LogP contribution is -1.89. The first kappa shape index (κ1) is 9.72. The average Bonchev–Trinajstić information content (AvgIpc) is 2.06. The largest absolute Gasteiger partial charge is 0.242 e. The quantitative estimate of drug-likeness (QED) is 0.729. The summed E-state index contributed by atoms with van der Waals surface area (Å²) < 4.78 is 14.2. The van der Waals surface area contributed by atoms with Crippen molar-refractivity contribution in [2.24, 2.45) is 0 Å². The fourth-order valence-electron chi connectivity index (χ4n) is 1.09. The van der Waals surface area contributed by atoms with Crippen LogP contribution in [-0.4, -0.2) is 0 Å². The molecule has 0 aliphatic carbocycles. The van der Waals surface area contributed by atoms with Crippen LogP contribution in [0.15, 0.2) is 28.7 Å². The van der Waals surface area contributed by atoms with Crippen LogP contribution in [0.1, 0.15) is 31.5 Å². The molecule has 0 radical (unpaired) electrons. The maximum Gasteiger partial charge on any atom is 0.125 e. The van der Waals surface area contributed by atoms with Crippen molar-refractivity contribution in [1.82, 2.24) is 0 Å². The predicted octanol–water partition coefficient (Wildman–Crippen LogP) is 4.26. The van der Waals surface area contributed by atoms with Crippen LogP contribution in [0, 0.1) is 0 Å². The van der Waals surface area contributed by atoms with E-state index in [0.29, 0.717) is 6.42 Å². The highest BCUT2D eigenvalue weighted by Crippen LogP contribution is 2.23. The van der Waals surface area contributed by atoms with Gasteiger partial charge in [0.25, 0.3) is 0 Å². The monoisotopic (exact) mass is 230 g/mol. The zero-order chi connectivity index (χ0) is 8.97. The lowest BCUT2D eigenvalue weighted by Gasteiger charge is -2.06. The number of hydrogen-bond acceptors (Lipinski definition) is 0. The molecule has 2 heteroatoms. The van der Waals surface area contributed by atoms with Crippen LogP contribution in [0.4, 0.5) is 4.39 Å². The van der Waals surface area contributed by atoms with E-state index in [9.17, 15) is 4.39 Å². The molecule has 0 fully saturated rings. The van der Waals surface area contributed by atoms with Gasteiger partial charge in [0, 0.05) is 4.47 Å². The van der Waals surface area contributed by atoms with Gasteiger partial charge in [-0.1, -0.05) is 41.4 Å². The van der Waals surface area contributed by atoms with E-state index in [1.807, 2.05) is 31.2 Å². The van der Waals surface area contributed by atoms with E-state index in [0.717, 1.165) is 16.5 Å². The van der Waals surface area contributed by atoms with Crippen LogP contribution in [0.3, 0.4) is 0 Å². The molecular weight excluding hydrogens is 219 g/mol. The molecule has 0 bridgehead atoms. The summed E-state index contributed by atoms with van der Waals surface area (Å²) in [6, 6.07) is 7.39. The van der Waals surface area contributed by atoms with Crippen molar-refractivity contribution in [3.63, 3.8) is 0 Å². The topological polar surface area (TPSA) is 0 Å². The SMILES string of the molecule is CCCC(F)c1ccc(Br)cc1. The average molecular weight is 231 g/mol. The third-order valence-corrected chi connectivity index (χ3v) is 2.30. The van der Waals surface area contributed by atoms with E-state index in [1.54, 1.807) is 0 Å². The maximum absolute atomic E-state index is 13.3. The van der Waals surface area contributed by atoms with Crippen LogP contribution in [-0.2, 0) is 0 Å². The van der Waals surface area contributed by atoms with Crippen LogP contribution < -0.4 is 0 Å². The summed E-state index contributed by atoms with van der Waals surface area (Å²) in [5.41, 5.74) is 0.778. The van der Waals surface area contributed by atoms with Crippen LogP contribution in [0.25, 0.3) is 0 Å². The molecular formula is C10H12BrF. The highest BCUT2D eigenvalue weighted by Gasteiger charge is 2.06. The van der Waals surface area contributed by atoms with Gasteiger partial charge in [-0.05, 0) is 24.1 Å². The molecule has 0 nitrogen and oxygen atoms in total. The number of alkyl halides is 1. The van der Waals surface area contributed by atoms with Crippen molar-refractivity contribution in [3.8, 4) is 0 Å². The van der Waals surface area contributed by atoms with E-state index in [-0.39, 0.29) is 0 Å². The van der Waals surface area contributed by atoms with E-state index in [4.69, 9.17) is 0 Å². The van der Waals surface area contributed by atoms with Gasteiger partial charge in [-0.3, -0.25) is 0 Å². The molecule has 1 aromatic rings. The minimum Gasteiger partial charge on any atom is -0.242 e. The molecule has 1 atom stereocenters. The molecule has 0 aliphatic heterocycles. The molecule has 0 saturated carbocycles. The summed E-state index contributed by atoms with van der Waals surface area (Å²) in [5, 5.41) is 0. The predicted molar refractivity (Wildman–Crippen MR) is 52.9 cm³/mol. The molecule has 0 spiro atoms. The molecule has 66 valence electrons. The Kier molecular flexibility index (Phi) is 3.73. The highest BCUT2D eigenvalue weighted by molar-refractivity contribution is 9.10. The zero-order valence-electron chi connectivity index (χ0n) is 7.06. The lowest BCUT2D eigenvalue weighted by atomic mass is 10.1. The molecule has 0 aromatic heterocycles. The third kappa shape index (κ3) is 2.59. The minimum atomic E-state index is -0.803. The third-order valence-electron chi connectivity index (χ3n) is 1.77. The Morgan fingerprint density at radius 2 is 1.92 bits per heavy atom. The fourth-order valence-corrected chi connectivity index (χ4v) is 1.36. The standard InChI is InChI=1S/C10H12BrF/c1-2-3-10(12)8-4-6-9(11)7-5-8/h4-7,10H,2-3H2,1H3. The van der Waals surface area contributed by atoms with Gasteiger partial charge in [-0.2, -0.15) is 0 Å². The first-order valence-electron chi connectivity index (χ1n) is 4.13. The van der Waals surface area contributed by atoms with Gasteiger partial charge in [0.05, 0.1) is 0 Å². The summed E-state index contributed by atoms with van der Waals surface area (Å²) in [4.78, 5) is 0. The lowest BCUT2D eigenvalue weighted by molar-refractivity contribution is 0.321. The van der Waals surface area contributed by atoms with Gasteiger partial charge in [0.2, 0.25) is 0 Å². The van der Waals surface area contributed by atoms with E-state index < -0.39 is 6.17 Å². The molecule has 0 aliphatic rings.